The van der Waals surface area contributed by atoms with Gasteiger partial charge in [0.1, 0.15) is 11.9 Å². The van der Waals surface area contributed by atoms with Crippen molar-refractivity contribution in [3.05, 3.63) is 40.9 Å². The maximum Gasteiger partial charge on any atom is 0.243 e. The van der Waals surface area contributed by atoms with Crippen molar-refractivity contribution in [2.45, 2.75) is 36.6 Å². The number of carbonyl (C=O) groups is 1. The molecule has 2 heterocycles. The first-order chi connectivity index (χ1) is 12.9. The first-order valence-corrected chi connectivity index (χ1v) is 10.7. The van der Waals surface area contributed by atoms with Gasteiger partial charge < -0.3 is 9.88 Å². The molecular weight excluding hydrogens is 386 g/mol. The number of H-pyrrole nitrogens is 1. The van der Waals surface area contributed by atoms with E-state index in [-0.39, 0.29) is 10.8 Å². The zero-order chi connectivity index (χ0) is 19.4. The molecule has 1 unspecified atom stereocenters. The number of sulfonamides is 1. The summed E-state index contributed by atoms with van der Waals surface area (Å²) in [5.41, 5.74) is 0. The minimum Gasteiger partial charge on any atom is -0.354 e. The highest BCUT2D eigenvalue weighted by Crippen LogP contribution is 2.25. The van der Waals surface area contributed by atoms with Crippen LogP contribution in [-0.4, -0.2) is 52.5 Å². The standard InChI is InChI=1S/C17H23N5O3S2/c1-21-15(19-20-17(21)26)10-11-18-16(23)14-9-5-6-12-22(14)27(24,25)13-7-3-2-4-8-13/h2-4,7-8,14H,5-6,9-12H2,1H3,(H,18,23)(H,20,26). The topological polar surface area (TPSA) is 100 Å². The molecular formula is C17H23N5O3S2. The lowest BCUT2D eigenvalue weighted by Crippen LogP contribution is -2.52. The second-order valence-electron chi connectivity index (χ2n) is 6.49. The van der Waals surface area contributed by atoms with Crippen molar-refractivity contribution in [1.29, 1.82) is 0 Å². The summed E-state index contributed by atoms with van der Waals surface area (Å²) in [7, 11) is -1.90. The molecule has 1 atom stereocenters. The van der Waals surface area contributed by atoms with Gasteiger partial charge in [0.25, 0.3) is 0 Å². The van der Waals surface area contributed by atoms with Crippen LogP contribution in [0.4, 0.5) is 0 Å². The number of rotatable bonds is 6. The average Bonchev–Trinajstić information content (AvgIpc) is 3.01. The van der Waals surface area contributed by atoms with Crippen LogP contribution in [0.15, 0.2) is 35.2 Å². The van der Waals surface area contributed by atoms with Gasteiger partial charge in [0.05, 0.1) is 4.90 Å². The Bertz CT molecular complexity index is 952. The number of aromatic nitrogens is 3. The van der Waals surface area contributed by atoms with Crippen molar-refractivity contribution < 1.29 is 13.2 Å². The van der Waals surface area contributed by atoms with Crippen LogP contribution >= 0.6 is 12.2 Å². The predicted octanol–water partition coefficient (Wildman–Crippen LogP) is 1.38. The fourth-order valence-electron chi connectivity index (χ4n) is 3.20. The van der Waals surface area contributed by atoms with Gasteiger partial charge in [-0.15, -0.1) is 0 Å². The molecule has 10 heteroatoms. The highest BCUT2D eigenvalue weighted by atomic mass is 32.2. The number of piperidine rings is 1. The largest absolute Gasteiger partial charge is 0.354 e. The lowest BCUT2D eigenvalue weighted by Gasteiger charge is -2.33. The maximum absolute atomic E-state index is 13.0. The zero-order valence-electron chi connectivity index (χ0n) is 15.1. The van der Waals surface area contributed by atoms with Gasteiger partial charge in [0.15, 0.2) is 4.77 Å². The summed E-state index contributed by atoms with van der Waals surface area (Å²) in [6, 6.07) is 7.56. The number of amides is 1. The second kappa shape index (κ2) is 8.32. The molecule has 1 aliphatic heterocycles. The van der Waals surface area contributed by atoms with E-state index in [4.69, 9.17) is 12.2 Å². The molecule has 1 amide bonds. The molecule has 1 aromatic carbocycles. The van der Waals surface area contributed by atoms with Gasteiger partial charge in [-0.1, -0.05) is 24.6 Å². The van der Waals surface area contributed by atoms with E-state index < -0.39 is 16.1 Å². The van der Waals surface area contributed by atoms with Gasteiger partial charge in [0, 0.05) is 26.6 Å². The Morgan fingerprint density at radius 2 is 2.07 bits per heavy atom. The minimum absolute atomic E-state index is 0.214. The third kappa shape index (κ3) is 4.28. The van der Waals surface area contributed by atoms with Crippen LogP contribution in [0.25, 0.3) is 0 Å². The van der Waals surface area contributed by atoms with Crippen molar-refractivity contribution >= 4 is 28.1 Å². The molecule has 1 saturated heterocycles. The van der Waals surface area contributed by atoms with Gasteiger partial charge in [0.2, 0.25) is 15.9 Å². The molecule has 0 saturated carbocycles. The van der Waals surface area contributed by atoms with E-state index in [0.29, 0.717) is 30.7 Å². The molecule has 27 heavy (non-hydrogen) atoms. The van der Waals surface area contributed by atoms with Gasteiger partial charge in [-0.3, -0.25) is 9.89 Å². The van der Waals surface area contributed by atoms with Gasteiger partial charge in [-0.2, -0.15) is 9.40 Å². The Labute approximate surface area is 163 Å². The number of hydrogen-bond acceptors (Lipinski definition) is 5. The maximum atomic E-state index is 13.0. The molecule has 0 radical (unpaired) electrons. The van der Waals surface area contributed by atoms with Gasteiger partial charge in [-0.05, 0) is 37.2 Å². The number of hydrogen-bond donors (Lipinski definition) is 2. The van der Waals surface area contributed by atoms with E-state index in [9.17, 15) is 13.2 Å². The number of carbonyl (C=O) groups excluding carboxylic acids is 1. The van der Waals surface area contributed by atoms with Crippen molar-refractivity contribution in [3.63, 3.8) is 0 Å². The van der Waals surface area contributed by atoms with Crippen LogP contribution in [0.5, 0.6) is 0 Å². The van der Waals surface area contributed by atoms with Crippen molar-refractivity contribution in [3.8, 4) is 0 Å². The SMILES string of the molecule is Cn1c(CCNC(=O)C2CCCCN2S(=O)(=O)c2ccccc2)n[nH]c1=S. The summed E-state index contributed by atoms with van der Waals surface area (Å²) >= 11 is 5.07. The molecule has 2 aromatic rings. The van der Waals surface area contributed by atoms with Crippen LogP contribution in [0.2, 0.25) is 0 Å². The normalized spacial score (nSPS) is 18.3. The molecule has 2 N–H and O–H groups in total. The Hall–Kier alpha value is -2.04. The van der Waals surface area contributed by atoms with Crippen molar-refractivity contribution in [2.24, 2.45) is 7.05 Å². The molecule has 1 aliphatic rings. The highest BCUT2D eigenvalue weighted by Gasteiger charge is 2.37. The van der Waals surface area contributed by atoms with Crippen LogP contribution in [-0.2, 0) is 28.3 Å². The van der Waals surface area contributed by atoms with E-state index in [1.54, 1.807) is 41.9 Å². The minimum atomic E-state index is -3.70. The summed E-state index contributed by atoms with van der Waals surface area (Å²) in [6.07, 6.45) is 2.60. The fourth-order valence-corrected chi connectivity index (χ4v) is 5.03. The number of benzene rings is 1. The van der Waals surface area contributed by atoms with E-state index in [2.05, 4.69) is 15.5 Å². The summed E-state index contributed by atoms with van der Waals surface area (Å²) in [6.45, 7) is 0.713. The second-order valence-corrected chi connectivity index (χ2v) is 8.76. The highest BCUT2D eigenvalue weighted by molar-refractivity contribution is 7.89. The first kappa shape index (κ1) is 19.7. The van der Waals surface area contributed by atoms with Crippen molar-refractivity contribution in [1.82, 2.24) is 24.4 Å². The van der Waals surface area contributed by atoms with Gasteiger partial charge >= 0.3 is 0 Å². The molecule has 8 nitrogen and oxygen atoms in total. The molecule has 3 rings (SSSR count). The lowest BCUT2D eigenvalue weighted by atomic mass is 10.0. The lowest BCUT2D eigenvalue weighted by molar-refractivity contribution is -0.125. The van der Waals surface area contributed by atoms with Crippen LogP contribution in [0, 0.1) is 4.77 Å². The smallest absolute Gasteiger partial charge is 0.243 e. The number of nitrogens with one attached hydrogen (secondary N) is 2. The molecule has 1 aromatic heterocycles. The Morgan fingerprint density at radius 1 is 1.33 bits per heavy atom. The van der Waals surface area contributed by atoms with E-state index in [0.717, 1.165) is 18.7 Å². The number of nitrogens with zero attached hydrogens (tertiary/aromatic N) is 3. The van der Waals surface area contributed by atoms with Crippen LogP contribution in [0.1, 0.15) is 25.1 Å². The Morgan fingerprint density at radius 3 is 2.74 bits per heavy atom. The van der Waals surface area contributed by atoms with Crippen molar-refractivity contribution in [2.75, 3.05) is 13.1 Å². The third-order valence-corrected chi connectivity index (χ3v) is 7.01. The number of aromatic amines is 1. The monoisotopic (exact) mass is 409 g/mol. The Balaban J connectivity index is 1.68. The zero-order valence-corrected chi connectivity index (χ0v) is 16.7. The predicted molar refractivity (Wildman–Crippen MR) is 103 cm³/mol. The van der Waals surface area contributed by atoms with E-state index >= 15 is 0 Å². The van der Waals surface area contributed by atoms with E-state index in [1.165, 1.54) is 4.31 Å². The molecule has 146 valence electrons. The summed E-state index contributed by atoms with van der Waals surface area (Å²) in [5, 5.41) is 9.65. The van der Waals surface area contributed by atoms with Crippen LogP contribution < -0.4 is 5.32 Å². The quantitative estimate of drug-likeness (QED) is 0.702. The Kier molecular flexibility index (Phi) is 6.08. The van der Waals surface area contributed by atoms with E-state index in [1.807, 2.05) is 0 Å². The van der Waals surface area contributed by atoms with Crippen LogP contribution in [0.3, 0.4) is 0 Å². The molecule has 0 aliphatic carbocycles. The third-order valence-electron chi connectivity index (χ3n) is 4.73. The molecule has 0 bridgehead atoms. The molecule has 0 spiro atoms. The average molecular weight is 410 g/mol. The molecule has 1 fully saturated rings. The summed E-state index contributed by atoms with van der Waals surface area (Å²) in [4.78, 5) is 12.9. The summed E-state index contributed by atoms with van der Waals surface area (Å²) in [5.74, 6) is 0.462. The first-order valence-electron chi connectivity index (χ1n) is 8.86. The summed E-state index contributed by atoms with van der Waals surface area (Å²) < 4.78 is 29.5. The van der Waals surface area contributed by atoms with Gasteiger partial charge in [-0.25, -0.2) is 8.42 Å². The fraction of sp³-hybridized carbons (Fsp3) is 0.471.